The molecule has 0 aliphatic rings. The van der Waals surface area contributed by atoms with E-state index >= 15 is 0 Å². The largest absolute Gasteiger partial charge is 0.481 e. The number of benzene rings is 2. The fourth-order valence-corrected chi connectivity index (χ4v) is 2.34. The van der Waals surface area contributed by atoms with E-state index in [1.165, 1.54) is 24.3 Å². The first-order valence-electron chi connectivity index (χ1n) is 7.76. The smallest absolute Gasteiger partial charge is 0.310 e. The summed E-state index contributed by atoms with van der Waals surface area (Å²) in [7, 11) is 0. The molecule has 2 aromatic rings. The van der Waals surface area contributed by atoms with Crippen molar-refractivity contribution in [2.45, 2.75) is 26.2 Å². The number of carboxylic acids is 1. The third kappa shape index (κ3) is 4.16. The van der Waals surface area contributed by atoms with E-state index in [0.29, 0.717) is 23.1 Å². The predicted molar refractivity (Wildman–Crippen MR) is 91.5 cm³/mol. The Balaban J connectivity index is 2.25. The van der Waals surface area contributed by atoms with E-state index in [4.69, 9.17) is 5.11 Å². The highest BCUT2D eigenvalue weighted by molar-refractivity contribution is 6.11. The highest BCUT2D eigenvalue weighted by atomic mass is 19.1. The van der Waals surface area contributed by atoms with Crippen LogP contribution in [0.5, 0.6) is 0 Å². The molecule has 0 amide bonds. The average Bonchev–Trinajstić information content (AvgIpc) is 2.59. The Bertz CT molecular complexity index is 758. The molecule has 4 heteroatoms. The van der Waals surface area contributed by atoms with Gasteiger partial charge in [-0.15, -0.1) is 0 Å². The van der Waals surface area contributed by atoms with Gasteiger partial charge in [-0.05, 0) is 54.8 Å². The molecule has 1 atom stereocenters. The van der Waals surface area contributed by atoms with Gasteiger partial charge >= 0.3 is 5.97 Å². The zero-order valence-electron chi connectivity index (χ0n) is 13.6. The van der Waals surface area contributed by atoms with Gasteiger partial charge in [-0.2, -0.15) is 0 Å². The van der Waals surface area contributed by atoms with Crippen LogP contribution in [0.1, 0.15) is 47.7 Å². The minimum Gasteiger partial charge on any atom is -0.481 e. The van der Waals surface area contributed by atoms with E-state index < -0.39 is 11.9 Å². The standard InChI is InChI=1S/C20H19FO3/c1-3-15(19(22)17-8-10-18(21)11-9-17)12-14-4-6-16(7-5-14)13(2)20(23)24/h4-13H,3H2,1-2H3,(H,23,24). The predicted octanol–water partition coefficient (Wildman–Crippen LogP) is 4.69. The number of hydrogen-bond donors (Lipinski definition) is 1. The highest BCUT2D eigenvalue weighted by Gasteiger charge is 2.14. The first kappa shape index (κ1) is 17.6. The third-order valence-electron chi connectivity index (χ3n) is 3.93. The fraction of sp³-hybridized carbons (Fsp3) is 0.200. The first-order chi connectivity index (χ1) is 11.4. The monoisotopic (exact) mass is 326 g/mol. The molecule has 0 heterocycles. The van der Waals surface area contributed by atoms with Crippen molar-refractivity contribution >= 4 is 17.8 Å². The fourth-order valence-electron chi connectivity index (χ4n) is 2.34. The molecule has 124 valence electrons. The summed E-state index contributed by atoms with van der Waals surface area (Å²) in [6.07, 6.45) is 2.32. The zero-order chi connectivity index (χ0) is 17.7. The topological polar surface area (TPSA) is 54.4 Å². The Labute approximate surface area is 140 Å². The second-order valence-corrected chi connectivity index (χ2v) is 5.59. The Morgan fingerprint density at radius 3 is 2.17 bits per heavy atom. The van der Waals surface area contributed by atoms with E-state index in [1.807, 2.05) is 6.92 Å². The van der Waals surface area contributed by atoms with Crippen LogP contribution in [0.15, 0.2) is 54.1 Å². The minimum atomic E-state index is -0.876. The molecular weight excluding hydrogens is 307 g/mol. The zero-order valence-corrected chi connectivity index (χ0v) is 13.6. The molecule has 2 aromatic carbocycles. The summed E-state index contributed by atoms with van der Waals surface area (Å²) in [5.74, 6) is -1.97. The Kier molecular flexibility index (Phi) is 5.64. The van der Waals surface area contributed by atoms with Crippen molar-refractivity contribution in [2.24, 2.45) is 0 Å². The summed E-state index contributed by atoms with van der Waals surface area (Å²) in [6.45, 7) is 3.51. The maximum absolute atomic E-state index is 13.0. The van der Waals surface area contributed by atoms with Gasteiger partial charge in [-0.3, -0.25) is 9.59 Å². The second kappa shape index (κ2) is 7.68. The lowest BCUT2D eigenvalue weighted by Crippen LogP contribution is -2.07. The lowest BCUT2D eigenvalue weighted by Gasteiger charge is -2.08. The quantitative estimate of drug-likeness (QED) is 0.619. The molecule has 1 N–H and O–H groups in total. The summed E-state index contributed by atoms with van der Waals surface area (Å²) in [5.41, 5.74) is 2.59. The number of ketones is 1. The number of allylic oxidation sites excluding steroid dienone is 1. The molecule has 1 unspecified atom stereocenters. The van der Waals surface area contributed by atoms with Crippen molar-refractivity contribution in [1.29, 1.82) is 0 Å². The normalized spacial score (nSPS) is 12.7. The van der Waals surface area contributed by atoms with E-state index in [0.717, 1.165) is 5.56 Å². The van der Waals surface area contributed by atoms with Crippen molar-refractivity contribution in [3.05, 3.63) is 76.6 Å². The van der Waals surface area contributed by atoms with Crippen molar-refractivity contribution in [1.82, 2.24) is 0 Å². The van der Waals surface area contributed by atoms with Gasteiger partial charge in [0, 0.05) is 11.1 Å². The number of Topliss-reactive ketones (excluding diaryl/α,β-unsaturated/α-hetero) is 1. The number of aliphatic carboxylic acids is 1. The van der Waals surface area contributed by atoms with Crippen LogP contribution in [-0.2, 0) is 4.79 Å². The lowest BCUT2D eigenvalue weighted by molar-refractivity contribution is -0.138. The average molecular weight is 326 g/mol. The molecule has 0 aromatic heterocycles. The number of rotatable bonds is 6. The van der Waals surface area contributed by atoms with Gasteiger partial charge < -0.3 is 5.11 Å². The van der Waals surface area contributed by atoms with Crippen LogP contribution in [-0.4, -0.2) is 16.9 Å². The van der Waals surface area contributed by atoms with Gasteiger partial charge in [0.2, 0.25) is 0 Å². The maximum atomic E-state index is 13.0. The molecule has 0 spiro atoms. The van der Waals surface area contributed by atoms with E-state index in [-0.39, 0.29) is 11.6 Å². The molecule has 0 bridgehead atoms. The summed E-state index contributed by atoms with van der Waals surface area (Å²) < 4.78 is 13.0. The molecule has 0 fully saturated rings. The Morgan fingerprint density at radius 2 is 1.67 bits per heavy atom. The third-order valence-corrected chi connectivity index (χ3v) is 3.93. The van der Waals surface area contributed by atoms with Crippen LogP contribution < -0.4 is 0 Å². The maximum Gasteiger partial charge on any atom is 0.310 e. The van der Waals surface area contributed by atoms with E-state index in [1.54, 1.807) is 37.3 Å². The molecule has 0 aliphatic carbocycles. The van der Waals surface area contributed by atoms with Crippen molar-refractivity contribution in [3.63, 3.8) is 0 Å². The summed E-state index contributed by atoms with van der Waals surface area (Å²) in [6, 6.07) is 12.6. The summed E-state index contributed by atoms with van der Waals surface area (Å²) in [4.78, 5) is 23.5. The first-order valence-corrected chi connectivity index (χ1v) is 7.76. The number of hydrogen-bond acceptors (Lipinski definition) is 2. The number of carboxylic acid groups (broad SMARTS) is 1. The van der Waals surface area contributed by atoms with Crippen LogP contribution in [0.3, 0.4) is 0 Å². The summed E-state index contributed by atoms with van der Waals surface area (Å²) >= 11 is 0. The highest BCUT2D eigenvalue weighted by Crippen LogP contribution is 2.20. The Morgan fingerprint density at radius 1 is 1.08 bits per heavy atom. The molecule has 0 aliphatic heterocycles. The van der Waals surface area contributed by atoms with Gasteiger partial charge in [0.25, 0.3) is 0 Å². The van der Waals surface area contributed by atoms with Crippen LogP contribution in [0.25, 0.3) is 6.08 Å². The molecule has 2 rings (SSSR count). The molecule has 0 radical (unpaired) electrons. The van der Waals surface area contributed by atoms with Crippen molar-refractivity contribution in [3.8, 4) is 0 Å². The van der Waals surface area contributed by atoms with Gasteiger partial charge in [0.15, 0.2) is 5.78 Å². The van der Waals surface area contributed by atoms with E-state index in [2.05, 4.69) is 0 Å². The van der Waals surface area contributed by atoms with Gasteiger partial charge in [-0.1, -0.05) is 31.2 Å². The molecule has 0 saturated heterocycles. The van der Waals surface area contributed by atoms with Gasteiger partial charge in [-0.25, -0.2) is 4.39 Å². The SMILES string of the molecule is CCC(=Cc1ccc(C(C)C(=O)O)cc1)C(=O)c1ccc(F)cc1. The van der Waals surface area contributed by atoms with Gasteiger partial charge in [0.1, 0.15) is 5.82 Å². The van der Waals surface area contributed by atoms with Crippen LogP contribution in [0.2, 0.25) is 0 Å². The lowest BCUT2D eigenvalue weighted by atomic mass is 9.97. The van der Waals surface area contributed by atoms with Crippen molar-refractivity contribution in [2.75, 3.05) is 0 Å². The molecular formula is C20H19FO3. The molecule has 0 saturated carbocycles. The summed E-state index contributed by atoms with van der Waals surface area (Å²) in [5, 5.41) is 9.02. The van der Waals surface area contributed by atoms with Crippen LogP contribution in [0, 0.1) is 5.82 Å². The van der Waals surface area contributed by atoms with E-state index in [9.17, 15) is 14.0 Å². The molecule has 3 nitrogen and oxygen atoms in total. The van der Waals surface area contributed by atoms with Crippen LogP contribution >= 0.6 is 0 Å². The Hall–Kier alpha value is -2.75. The minimum absolute atomic E-state index is 0.138. The second-order valence-electron chi connectivity index (χ2n) is 5.59. The number of carbonyl (C=O) groups excluding carboxylic acids is 1. The van der Waals surface area contributed by atoms with Crippen molar-refractivity contribution < 1.29 is 19.1 Å². The number of carbonyl (C=O) groups is 2. The molecule has 24 heavy (non-hydrogen) atoms. The van der Waals surface area contributed by atoms with Crippen LogP contribution in [0.4, 0.5) is 4.39 Å². The van der Waals surface area contributed by atoms with Gasteiger partial charge in [0.05, 0.1) is 5.92 Å². The number of halogens is 1.